The summed E-state index contributed by atoms with van der Waals surface area (Å²) in [5.41, 5.74) is 4.24. The van der Waals surface area contributed by atoms with Crippen molar-refractivity contribution in [2.45, 2.75) is 5.92 Å². The Balaban J connectivity index is 1.48. The number of rotatable bonds is 9. The van der Waals surface area contributed by atoms with Gasteiger partial charge in [0.25, 0.3) is 5.91 Å². The Morgan fingerprint density at radius 2 is 1.62 bits per heavy atom. The van der Waals surface area contributed by atoms with E-state index in [9.17, 15) is 4.79 Å². The highest BCUT2D eigenvalue weighted by atomic mass is 16.5. The van der Waals surface area contributed by atoms with Crippen LogP contribution in [0.4, 0.5) is 0 Å². The molecule has 0 fully saturated rings. The third-order valence-corrected chi connectivity index (χ3v) is 6.67. The summed E-state index contributed by atoms with van der Waals surface area (Å²) in [5, 5.41) is 4.96. The Morgan fingerprint density at radius 3 is 2.32 bits per heavy atom. The molecule has 1 unspecified atom stereocenters. The van der Waals surface area contributed by atoms with Crippen LogP contribution in [0.5, 0.6) is 23.0 Å². The van der Waals surface area contributed by atoms with E-state index in [1.54, 1.807) is 40.6 Å². The van der Waals surface area contributed by atoms with Crippen LogP contribution < -0.4 is 24.3 Å². The third kappa shape index (κ3) is 4.42. The highest BCUT2D eigenvalue weighted by molar-refractivity contribution is 6.02. The summed E-state index contributed by atoms with van der Waals surface area (Å²) in [7, 11) is 6.34. The maximum atomic E-state index is 13.4. The molecule has 0 radical (unpaired) electrons. The number of para-hydroxylation sites is 1. The van der Waals surface area contributed by atoms with Crippen molar-refractivity contribution in [3.05, 3.63) is 83.7 Å². The molecule has 1 atom stereocenters. The topological polar surface area (TPSA) is 97.6 Å². The fraction of sp³-hybridized carbons (Fsp3) is 0.207. The number of carbonyl (C=O) groups is 1. The van der Waals surface area contributed by atoms with E-state index in [1.807, 2.05) is 48.7 Å². The van der Waals surface area contributed by atoms with Crippen LogP contribution in [0.2, 0.25) is 0 Å². The number of H-pyrrole nitrogens is 2. The fourth-order valence-electron chi connectivity index (χ4n) is 4.77. The molecule has 0 spiro atoms. The lowest BCUT2D eigenvalue weighted by molar-refractivity contribution is 0.0948. The van der Waals surface area contributed by atoms with Gasteiger partial charge >= 0.3 is 0 Å². The average molecular weight is 500 g/mol. The van der Waals surface area contributed by atoms with Gasteiger partial charge in [-0.1, -0.05) is 30.3 Å². The maximum Gasteiger partial charge on any atom is 0.267 e. The number of ether oxygens (including phenoxy) is 4. The molecular formula is C29H29N3O5. The number of fused-ring (bicyclic) bond motifs is 2. The highest BCUT2D eigenvalue weighted by Crippen LogP contribution is 2.41. The molecule has 0 saturated heterocycles. The molecule has 5 rings (SSSR count). The minimum atomic E-state index is -0.238. The summed E-state index contributed by atoms with van der Waals surface area (Å²) in [6, 6.07) is 19.6. The van der Waals surface area contributed by atoms with Crippen molar-refractivity contribution in [3.63, 3.8) is 0 Å². The quantitative estimate of drug-likeness (QED) is 0.258. The van der Waals surface area contributed by atoms with Crippen LogP contribution in [0.15, 0.2) is 66.9 Å². The van der Waals surface area contributed by atoms with Gasteiger partial charge in [-0.3, -0.25) is 4.79 Å². The second-order valence-electron chi connectivity index (χ2n) is 8.61. The number of hydrogen-bond acceptors (Lipinski definition) is 5. The van der Waals surface area contributed by atoms with E-state index < -0.39 is 0 Å². The molecule has 3 aromatic carbocycles. The van der Waals surface area contributed by atoms with Crippen molar-refractivity contribution in [2.24, 2.45) is 0 Å². The molecule has 0 bridgehead atoms. The summed E-state index contributed by atoms with van der Waals surface area (Å²) in [4.78, 5) is 19.9. The lowest BCUT2D eigenvalue weighted by atomic mass is 9.90. The van der Waals surface area contributed by atoms with Crippen molar-refractivity contribution in [2.75, 3.05) is 35.0 Å². The standard InChI is InChI=1S/C29H29N3O5/c1-34-18-11-9-17(10-12-18)21(22-16-30-23-8-6-5-7-19(22)23)15-31-29(33)24-13-20-25(35-2)14-26(36-3)28(37-4)27(20)32-24/h5-14,16,21,30,32H,15H2,1-4H3,(H,31,33). The first-order valence-corrected chi connectivity index (χ1v) is 11.9. The number of benzene rings is 3. The Labute approximate surface area is 214 Å². The zero-order chi connectivity index (χ0) is 25.9. The van der Waals surface area contributed by atoms with Crippen molar-refractivity contribution in [3.8, 4) is 23.0 Å². The Kier molecular flexibility index (Phi) is 6.64. The summed E-state index contributed by atoms with van der Waals surface area (Å²) < 4.78 is 21.9. The van der Waals surface area contributed by atoms with Gasteiger partial charge in [-0.2, -0.15) is 0 Å². The van der Waals surface area contributed by atoms with Crippen molar-refractivity contribution >= 4 is 27.7 Å². The molecule has 37 heavy (non-hydrogen) atoms. The van der Waals surface area contributed by atoms with Gasteiger partial charge in [0.15, 0.2) is 11.5 Å². The first-order valence-electron chi connectivity index (χ1n) is 11.9. The second kappa shape index (κ2) is 10.2. The number of amides is 1. The molecule has 190 valence electrons. The summed E-state index contributed by atoms with van der Waals surface area (Å²) in [6.07, 6.45) is 2.01. The van der Waals surface area contributed by atoms with Gasteiger partial charge < -0.3 is 34.2 Å². The number of carbonyl (C=O) groups excluding carboxylic acids is 1. The number of aromatic amines is 2. The van der Waals surface area contributed by atoms with E-state index in [4.69, 9.17) is 18.9 Å². The van der Waals surface area contributed by atoms with Crippen LogP contribution in [0.1, 0.15) is 27.5 Å². The molecule has 8 nitrogen and oxygen atoms in total. The van der Waals surface area contributed by atoms with Crippen LogP contribution in [0, 0.1) is 0 Å². The van der Waals surface area contributed by atoms with Gasteiger partial charge in [0, 0.05) is 41.0 Å². The molecule has 3 N–H and O–H groups in total. The third-order valence-electron chi connectivity index (χ3n) is 6.67. The van der Waals surface area contributed by atoms with E-state index in [0.29, 0.717) is 35.0 Å². The number of aromatic nitrogens is 2. The van der Waals surface area contributed by atoms with Crippen molar-refractivity contribution < 1.29 is 23.7 Å². The van der Waals surface area contributed by atoms with E-state index >= 15 is 0 Å². The monoisotopic (exact) mass is 499 g/mol. The molecular weight excluding hydrogens is 470 g/mol. The SMILES string of the molecule is COc1ccc(C(CNC(=O)c2cc3c(OC)cc(OC)c(OC)c3[nH]2)c2c[nH]c3ccccc23)cc1. The van der Waals surface area contributed by atoms with E-state index in [2.05, 4.69) is 21.4 Å². The van der Waals surface area contributed by atoms with E-state index in [1.165, 1.54) is 0 Å². The molecule has 0 aliphatic heterocycles. The fourth-order valence-corrected chi connectivity index (χ4v) is 4.77. The van der Waals surface area contributed by atoms with Gasteiger partial charge in [0.1, 0.15) is 17.2 Å². The molecule has 8 heteroatoms. The minimum Gasteiger partial charge on any atom is -0.497 e. The normalized spacial score (nSPS) is 11.9. The smallest absolute Gasteiger partial charge is 0.267 e. The largest absolute Gasteiger partial charge is 0.497 e. The number of methoxy groups -OCH3 is 4. The summed E-state index contributed by atoms with van der Waals surface area (Å²) >= 11 is 0. The van der Waals surface area contributed by atoms with E-state index in [-0.39, 0.29) is 11.8 Å². The zero-order valence-electron chi connectivity index (χ0n) is 21.2. The van der Waals surface area contributed by atoms with Crippen LogP contribution in [0.3, 0.4) is 0 Å². The second-order valence-corrected chi connectivity index (χ2v) is 8.61. The van der Waals surface area contributed by atoms with Crippen LogP contribution in [-0.4, -0.2) is 50.9 Å². The zero-order valence-corrected chi connectivity index (χ0v) is 21.2. The first kappa shape index (κ1) is 24.1. The van der Waals surface area contributed by atoms with Gasteiger partial charge in [-0.25, -0.2) is 0 Å². The van der Waals surface area contributed by atoms with Crippen LogP contribution in [0.25, 0.3) is 21.8 Å². The lowest BCUT2D eigenvalue weighted by Gasteiger charge is -2.18. The van der Waals surface area contributed by atoms with Crippen LogP contribution >= 0.6 is 0 Å². The van der Waals surface area contributed by atoms with Crippen molar-refractivity contribution in [1.82, 2.24) is 15.3 Å². The molecule has 1 amide bonds. The Morgan fingerprint density at radius 1 is 0.865 bits per heavy atom. The number of nitrogens with one attached hydrogen (secondary N) is 3. The molecule has 2 aromatic heterocycles. The molecule has 0 aliphatic rings. The molecule has 0 saturated carbocycles. The molecule has 5 aromatic rings. The maximum absolute atomic E-state index is 13.4. The number of hydrogen-bond donors (Lipinski definition) is 3. The van der Waals surface area contributed by atoms with Gasteiger partial charge in [0.2, 0.25) is 0 Å². The summed E-state index contributed by atoms with van der Waals surface area (Å²) in [5.74, 6) is 2.06. The Bertz CT molecular complexity index is 1550. The van der Waals surface area contributed by atoms with Crippen molar-refractivity contribution in [1.29, 1.82) is 0 Å². The van der Waals surface area contributed by atoms with Crippen LogP contribution in [-0.2, 0) is 0 Å². The predicted octanol–water partition coefficient (Wildman–Crippen LogP) is 5.25. The molecule has 2 heterocycles. The highest BCUT2D eigenvalue weighted by Gasteiger charge is 2.22. The van der Waals surface area contributed by atoms with Gasteiger partial charge in [-0.15, -0.1) is 0 Å². The lowest BCUT2D eigenvalue weighted by Crippen LogP contribution is -2.29. The van der Waals surface area contributed by atoms with Gasteiger partial charge in [0.05, 0.1) is 34.0 Å². The Hall–Kier alpha value is -4.59. The minimum absolute atomic E-state index is 0.0837. The predicted molar refractivity (Wildman–Crippen MR) is 143 cm³/mol. The first-order chi connectivity index (χ1) is 18.1. The van der Waals surface area contributed by atoms with E-state index in [0.717, 1.165) is 33.2 Å². The molecule has 0 aliphatic carbocycles. The summed E-state index contributed by atoms with van der Waals surface area (Å²) in [6.45, 7) is 0.389. The van der Waals surface area contributed by atoms with Gasteiger partial charge in [-0.05, 0) is 35.4 Å². The average Bonchev–Trinajstić information content (AvgIpc) is 3.58.